The molecule has 1 unspecified atom stereocenters. The Morgan fingerprint density at radius 2 is 1.37 bits per heavy atom. The molecular formula is C19H24F10O8S. The van der Waals surface area contributed by atoms with Gasteiger partial charge >= 0.3 is 51.4 Å². The van der Waals surface area contributed by atoms with E-state index in [0.717, 1.165) is 0 Å². The smallest absolute Gasteiger partial charge is 0.460 e. The van der Waals surface area contributed by atoms with Crippen molar-refractivity contribution in [2.75, 3.05) is 13.2 Å². The van der Waals surface area contributed by atoms with Crippen molar-refractivity contribution in [3.63, 3.8) is 0 Å². The van der Waals surface area contributed by atoms with Gasteiger partial charge in [0.25, 0.3) is 0 Å². The van der Waals surface area contributed by atoms with Crippen LogP contribution in [0.25, 0.3) is 0 Å². The van der Waals surface area contributed by atoms with Crippen LogP contribution in [-0.4, -0.2) is 67.4 Å². The van der Waals surface area contributed by atoms with Crippen molar-refractivity contribution >= 4 is 22.1 Å². The van der Waals surface area contributed by atoms with Crippen LogP contribution in [0.1, 0.15) is 57.8 Å². The molecule has 0 amide bonds. The summed E-state index contributed by atoms with van der Waals surface area (Å²) < 4.78 is 174. The molecule has 0 bridgehead atoms. The molecule has 0 saturated heterocycles. The van der Waals surface area contributed by atoms with Gasteiger partial charge in [0, 0.05) is 6.42 Å². The number of hydrogen-bond donors (Lipinski definition) is 1. The molecule has 1 atom stereocenters. The molecule has 1 fully saturated rings. The second-order valence-corrected chi connectivity index (χ2v) is 9.84. The summed E-state index contributed by atoms with van der Waals surface area (Å²) in [7, 11) is -6.56. The molecule has 0 radical (unpaired) electrons. The molecule has 8 nitrogen and oxygen atoms in total. The zero-order chi connectivity index (χ0) is 29.6. The van der Waals surface area contributed by atoms with E-state index in [4.69, 9.17) is 4.55 Å². The van der Waals surface area contributed by atoms with Gasteiger partial charge in [-0.15, -0.1) is 0 Å². The minimum atomic E-state index is -6.56. The number of hydrogen-bond acceptors (Lipinski definition) is 7. The van der Waals surface area contributed by atoms with E-state index in [1.165, 1.54) is 0 Å². The first-order valence-corrected chi connectivity index (χ1v) is 12.4. The Kier molecular flexibility index (Phi) is 11.3. The van der Waals surface area contributed by atoms with E-state index in [-0.39, 0.29) is 12.8 Å². The molecule has 1 aliphatic rings. The van der Waals surface area contributed by atoms with Crippen LogP contribution in [0.2, 0.25) is 0 Å². The van der Waals surface area contributed by atoms with Gasteiger partial charge < -0.3 is 14.2 Å². The van der Waals surface area contributed by atoms with Crippen molar-refractivity contribution in [2.24, 2.45) is 5.92 Å². The molecule has 0 aliphatic heterocycles. The summed E-state index contributed by atoms with van der Waals surface area (Å²) in [5.41, 5.74) is 0. The third-order valence-corrected chi connectivity index (χ3v) is 6.33. The Bertz CT molecular complexity index is 913. The highest BCUT2D eigenvalue weighted by Gasteiger charge is 2.68. The average Bonchev–Trinajstić information content (AvgIpc) is 2.75. The maximum Gasteiger partial charge on any atom is 0.468 e. The molecule has 1 saturated carbocycles. The molecule has 38 heavy (non-hydrogen) atoms. The Morgan fingerprint density at radius 1 is 0.816 bits per heavy atom. The highest BCUT2D eigenvalue weighted by Crippen LogP contribution is 2.42. The predicted molar refractivity (Wildman–Crippen MR) is 104 cm³/mol. The fourth-order valence-electron chi connectivity index (χ4n) is 3.30. The Hall–Kier alpha value is -1.89. The monoisotopic (exact) mass is 602 g/mol. The normalized spacial score (nSPS) is 18.1. The van der Waals surface area contributed by atoms with Crippen LogP contribution in [0.4, 0.5) is 43.9 Å². The first kappa shape index (κ1) is 34.1. The number of ether oxygens (including phenoxy) is 3. The highest BCUT2D eigenvalue weighted by atomic mass is 32.2. The first-order valence-electron chi connectivity index (χ1n) is 11.0. The maximum atomic E-state index is 14.0. The van der Waals surface area contributed by atoms with Crippen LogP contribution in [0, 0.1) is 5.92 Å². The van der Waals surface area contributed by atoms with Crippen LogP contribution in [0.3, 0.4) is 0 Å². The van der Waals surface area contributed by atoms with E-state index >= 15 is 0 Å². The lowest BCUT2D eigenvalue weighted by Crippen LogP contribution is -2.59. The van der Waals surface area contributed by atoms with Gasteiger partial charge in [0.05, 0.1) is 18.9 Å². The van der Waals surface area contributed by atoms with Crippen LogP contribution < -0.4 is 0 Å². The number of unbranched alkanes of at least 4 members (excludes halogenated alkanes) is 1. The number of rotatable bonds is 13. The molecule has 0 aromatic carbocycles. The largest absolute Gasteiger partial charge is 0.468 e. The molecular weight excluding hydrogens is 578 g/mol. The third-order valence-electron chi connectivity index (χ3n) is 5.38. The van der Waals surface area contributed by atoms with Crippen molar-refractivity contribution in [2.45, 2.75) is 87.1 Å². The molecule has 1 aliphatic carbocycles. The van der Waals surface area contributed by atoms with Gasteiger partial charge in [-0.25, -0.2) is 4.79 Å². The second kappa shape index (κ2) is 12.5. The first-order chi connectivity index (χ1) is 17.1. The molecule has 0 aromatic heterocycles. The zero-order valence-corrected chi connectivity index (χ0v) is 20.2. The van der Waals surface area contributed by atoms with E-state index in [2.05, 4.69) is 14.2 Å². The number of esters is 2. The average molecular weight is 602 g/mol. The molecule has 224 valence electrons. The number of carbonyl (C=O) groups excluding carboxylic acids is 2. The summed E-state index contributed by atoms with van der Waals surface area (Å²) in [5.74, 6) is -15.3. The number of alkyl halides is 10. The maximum absolute atomic E-state index is 14.0. The summed E-state index contributed by atoms with van der Waals surface area (Å²) in [6.07, 6.45) is -15.3. The standard InChI is InChI=1S/C19H24F10O8S/c20-15(21,19(28,29)38(32,33)34)8-4-5-10-36-17(18(25,26)27,14(31)35-11-9-16(22,23)24)37-13(30)12-6-2-1-3-7-12/h12H,1-11H2,(H,32,33,34). The molecule has 1 rings (SSSR count). The van der Waals surface area contributed by atoms with Gasteiger partial charge in [-0.2, -0.15) is 52.3 Å². The van der Waals surface area contributed by atoms with Gasteiger partial charge in [-0.1, -0.05) is 19.3 Å². The summed E-state index contributed by atoms with van der Waals surface area (Å²) in [4.78, 5) is 24.6. The van der Waals surface area contributed by atoms with Crippen molar-refractivity contribution in [1.29, 1.82) is 0 Å². The summed E-state index contributed by atoms with van der Waals surface area (Å²) in [5, 5.41) is -5.94. The minimum Gasteiger partial charge on any atom is -0.460 e. The fraction of sp³-hybridized carbons (Fsp3) is 0.895. The van der Waals surface area contributed by atoms with Gasteiger partial charge in [0.2, 0.25) is 0 Å². The fourth-order valence-corrected chi connectivity index (χ4v) is 3.78. The second-order valence-electron chi connectivity index (χ2n) is 8.37. The van der Waals surface area contributed by atoms with E-state index in [1.807, 2.05) is 0 Å². The van der Waals surface area contributed by atoms with Crippen LogP contribution in [-0.2, 0) is 33.9 Å². The molecule has 1 N–H and O–H groups in total. The van der Waals surface area contributed by atoms with E-state index in [9.17, 15) is 61.9 Å². The SMILES string of the molecule is O=C(OC(OCCCCC(F)(F)C(F)(F)S(=O)(=O)O)(C(=O)OCCC(F)(F)F)C(F)(F)F)C1CCCCC1. The quantitative estimate of drug-likeness (QED) is 0.101. The third kappa shape index (κ3) is 8.82. The molecule has 0 spiro atoms. The summed E-state index contributed by atoms with van der Waals surface area (Å²) >= 11 is 0. The van der Waals surface area contributed by atoms with Crippen LogP contribution >= 0.6 is 0 Å². The zero-order valence-electron chi connectivity index (χ0n) is 19.3. The molecule has 19 heteroatoms. The molecule has 0 aromatic rings. The number of halogens is 10. The Labute approximate surface area is 209 Å². The van der Waals surface area contributed by atoms with Gasteiger partial charge in [-0.05, 0) is 25.7 Å². The lowest BCUT2D eigenvalue weighted by Gasteiger charge is -2.34. The Morgan fingerprint density at radius 3 is 1.84 bits per heavy atom. The van der Waals surface area contributed by atoms with Crippen molar-refractivity contribution in [3.05, 3.63) is 0 Å². The van der Waals surface area contributed by atoms with Crippen LogP contribution in [0.15, 0.2) is 0 Å². The minimum absolute atomic E-state index is 0.0625. The van der Waals surface area contributed by atoms with Crippen molar-refractivity contribution in [3.8, 4) is 0 Å². The van der Waals surface area contributed by atoms with E-state index in [0.29, 0.717) is 19.3 Å². The van der Waals surface area contributed by atoms with Crippen LogP contribution in [0.5, 0.6) is 0 Å². The lowest BCUT2D eigenvalue weighted by molar-refractivity contribution is -0.357. The number of carbonyl (C=O) groups is 2. The van der Waals surface area contributed by atoms with Gasteiger partial charge in [-0.3, -0.25) is 9.35 Å². The molecule has 0 heterocycles. The highest BCUT2D eigenvalue weighted by molar-refractivity contribution is 7.87. The topological polar surface area (TPSA) is 116 Å². The lowest BCUT2D eigenvalue weighted by atomic mass is 9.89. The summed E-state index contributed by atoms with van der Waals surface area (Å²) in [6, 6.07) is 0. The van der Waals surface area contributed by atoms with Gasteiger partial charge in [0.15, 0.2) is 0 Å². The predicted octanol–water partition coefficient (Wildman–Crippen LogP) is 5.17. The van der Waals surface area contributed by atoms with Crippen molar-refractivity contribution in [1.82, 2.24) is 0 Å². The van der Waals surface area contributed by atoms with Crippen molar-refractivity contribution < 1.29 is 80.7 Å². The summed E-state index contributed by atoms with van der Waals surface area (Å²) in [6.45, 7) is -3.03. The van der Waals surface area contributed by atoms with Gasteiger partial charge in [0.1, 0.15) is 6.61 Å². The van der Waals surface area contributed by atoms with E-state index < -0.39 is 96.2 Å². The van der Waals surface area contributed by atoms with E-state index in [1.54, 1.807) is 0 Å². The Balaban J connectivity index is 3.06.